The molecule has 2 aliphatic heterocycles. The number of para-hydroxylation sites is 1. The Kier molecular flexibility index (Phi) is 5.76. The molecule has 0 unspecified atom stereocenters. The molecule has 6 rings (SSSR count). The van der Waals surface area contributed by atoms with Crippen LogP contribution in [0.1, 0.15) is 11.6 Å². The molecule has 2 aliphatic rings. The van der Waals surface area contributed by atoms with Crippen LogP contribution in [-0.4, -0.2) is 17.9 Å². The number of hydroxylamine groups is 1. The molecule has 0 N–H and O–H groups in total. The van der Waals surface area contributed by atoms with Gasteiger partial charge in [0.05, 0.1) is 17.4 Å². The van der Waals surface area contributed by atoms with Crippen LogP contribution >= 0.6 is 23.2 Å². The zero-order valence-corrected chi connectivity index (χ0v) is 20.4. The molecule has 3 atom stereocenters. The Morgan fingerprint density at radius 2 is 1.33 bits per heavy atom. The van der Waals surface area contributed by atoms with Gasteiger partial charge in [0, 0.05) is 10.0 Å². The van der Waals surface area contributed by atoms with Crippen molar-refractivity contribution in [2.75, 3.05) is 9.96 Å². The summed E-state index contributed by atoms with van der Waals surface area (Å²) < 4.78 is 0. The molecule has 0 spiro atoms. The lowest BCUT2D eigenvalue weighted by atomic mass is 9.90. The fourth-order valence-electron chi connectivity index (χ4n) is 4.98. The number of rotatable bonds is 4. The molecule has 2 saturated heterocycles. The van der Waals surface area contributed by atoms with E-state index in [0.29, 0.717) is 21.3 Å². The van der Waals surface area contributed by atoms with Crippen LogP contribution < -0.4 is 9.96 Å². The van der Waals surface area contributed by atoms with E-state index in [0.717, 1.165) is 16.8 Å². The number of carbonyl (C=O) groups is 2. The highest BCUT2D eigenvalue weighted by Crippen LogP contribution is 2.49. The second kappa shape index (κ2) is 9.10. The van der Waals surface area contributed by atoms with Gasteiger partial charge in [0.2, 0.25) is 5.91 Å². The number of anilines is 2. The van der Waals surface area contributed by atoms with Crippen LogP contribution in [0.5, 0.6) is 0 Å². The first-order chi connectivity index (χ1) is 17.5. The summed E-state index contributed by atoms with van der Waals surface area (Å²) >= 11 is 12.8. The molecule has 0 aliphatic carbocycles. The number of amides is 2. The van der Waals surface area contributed by atoms with E-state index in [4.69, 9.17) is 28.0 Å². The summed E-state index contributed by atoms with van der Waals surface area (Å²) in [5.74, 6) is -1.51. The number of halogens is 2. The van der Waals surface area contributed by atoms with Crippen LogP contribution in [0.2, 0.25) is 10.0 Å². The SMILES string of the molecule is O=C1[C@H]2[C@H](ON(c3ccccc3)[C@H]2c2ccc(Cl)cc2Cl)C(=O)N1c1cccc(-c2ccccc2)c1. The number of fused-ring (bicyclic) bond motifs is 1. The molecule has 2 fully saturated rings. The van der Waals surface area contributed by atoms with Gasteiger partial charge in [0.25, 0.3) is 5.91 Å². The topological polar surface area (TPSA) is 49.9 Å². The van der Waals surface area contributed by atoms with Gasteiger partial charge in [-0.15, -0.1) is 0 Å². The average Bonchev–Trinajstić information content (AvgIpc) is 3.41. The zero-order valence-electron chi connectivity index (χ0n) is 18.9. The number of carbonyl (C=O) groups excluding carboxylic acids is 2. The third kappa shape index (κ3) is 3.77. The molecule has 178 valence electrons. The minimum absolute atomic E-state index is 0.329. The molecule has 7 heteroatoms. The van der Waals surface area contributed by atoms with E-state index in [1.54, 1.807) is 29.3 Å². The van der Waals surface area contributed by atoms with Crippen molar-refractivity contribution < 1.29 is 14.4 Å². The van der Waals surface area contributed by atoms with Gasteiger partial charge in [0.15, 0.2) is 6.10 Å². The van der Waals surface area contributed by atoms with Crippen molar-refractivity contribution in [1.82, 2.24) is 0 Å². The van der Waals surface area contributed by atoms with Crippen molar-refractivity contribution in [3.05, 3.63) is 119 Å². The summed E-state index contributed by atoms with van der Waals surface area (Å²) in [5.41, 5.74) is 3.81. The van der Waals surface area contributed by atoms with Crippen LogP contribution in [0.25, 0.3) is 11.1 Å². The molecule has 0 saturated carbocycles. The molecule has 0 aromatic heterocycles. The van der Waals surface area contributed by atoms with Crippen LogP contribution in [0.15, 0.2) is 103 Å². The number of nitrogens with zero attached hydrogens (tertiary/aromatic N) is 2. The molecule has 2 amide bonds. The lowest BCUT2D eigenvalue weighted by molar-refractivity contribution is -0.126. The summed E-state index contributed by atoms with van der Waals surface area (Å²) in [4.78, 5) is 35.0. The summed E-state index contributed by atoms with van der Waals surface area (Å²) in [5, 5.41) is 2.51. The van der Waals surface area contributed by atoms with Gasteiger partial charge in [-0.3, -0.25) is 14.4 Å². The number of benzene rings is 4. The largest absolute Gasteiger partial charge is 0.273 e. The van der Waals surface area contributed by atoms with E-state index in [2.05, 4.69) is 0 Å². The zero-order chi connectivity index (χ0) is 24.8. The normalized spacial score (nSPS) is 21.2. The molecule has 0 bridgehead atoms. The molecule has 5 nitrogen and oxygen atoms in total. The highest BCUT2D eigenvalue weighted by molar-refractivity contribution is 6.35. The number of imide groups is 1. The van der Waals surface area contributed by atoms with Gasteiger partial charge in [-0.2, -0.15) is 0 Å². The van der Waals surface area contributed by atoms with Gasteiger partial charge in [-0.05, 0) is 53.1 Å². The molecule has 0 radical (unpaired) electrons. The van der Waals surface area contributed by atoms with Gasteiger partial charge in [-0.25, -0.2) is 9.96 Å². The van der Waals surface area contributed by atoms with E-state index in [1.807, 2.05) is 78.9 Å². The first-order valence-electron chi connectivity index (χ1n) is 11.5. The quantitative estimate of drug-likeness (QED) is 0.284. The van der Waals surface area contributed by atoms with Crippen LogP contribution in [0.3, 0.4) is 0 Å². The van der Waals surface area contributed by atoms with Crippen molar-refractivity contribution in [2.45, 2.75) is 12.1 Å². The molecular formula is C29H20Cl2N2O3. The highest BCUT2D eigenvalue weighted by Gasteiger charge is 2.60. The van der Waals surface area contributed by atoms with Gasteiger partial charge < -0.3 is 0 Å². The second-order valence-electron chi connectivity index (χ2n) is 8.75. The Balaban J connectivity index is 1.42. The first kappa shape index (κ1) is 22.8. The fraction of sp³-hybridized carbons (Fsp3) is 0.103. The average molecular weight is 515 g/mol. The standard InChI is InChI=1S/C29H20Cl2N2O3/c30-20-14-15-23(24(31)17-20)26-25-27(36-33(26)21-11-5-2-6-12-21)29(35)32(28(25)34)22-13-7-10-19(16-22)18-8-3-1-4-9-18/h1-17,25-27H/t25-,26+,27+/m1/s1. The predicted molar refractivity (Wildman–Crippen MR) is 141 cm³/mol. The van der Waals surface area contributed by atoms with Gasteiger partial charge in [0.1, 0.15) is 5.92 Å². The maximum Gasteiger partial charge on any atom is 0.266 e. The van der Waals surface area contributed by atoms with Crippen molar-refractivity contribution in [3.63, 3.8) is 0 Å². The van der Waals surface area contributed by atoms with E-state index >= 15 is 0 Å². The van der Waals surface area contributed by atoms with Crippen molar-refractivity contribution >= 4 is 46.4 Å². The number of hydrogen-bond acceptors (Lipinski definition) is 4. The molecule has 36 heavy (non-hydrogen) atoms. The third-order valence-electron chi connectivity index (χ3n) is 6.62. The van der Waals surface area contributed by atoms with E-state index in [1.165, 1.54) is 4.90 Å². The lowest BCUT2D eigenvalue weighted by Crippen LogP contribution is -2.37. The van der Waals surface area contributed by atoms with Crippen molar-refractivity contribution in [1.29, 1.82) is 0 Å². The maximum absolute atomic E-state index is 13.9. The molecule has 2 heterocycles. The van der Waals surface area contributed by atoms with E-state index < -0.39 is 24.0 Å². The molecule has 4 aromatic rings. The monoisotopic (exact) mass is 514 g/mol. The fourth-order valence-corrected chi connectivity index (χ4v) is 5.50. The van der Waals surface area contributed by atoms with Crippen LogP contribution in [0.4, 0.5) is 11.4 Å². The van der Waals surface area contributed by atoms with E-state index in [-0.39, 0.29) is 5.91 Å². The van der Waals surface area contributed by atoms with Gasteiger partial charge >= 0.3 is 0 Å². The lowest BCUT2D eigenvalue weighted by Gasteiger charge is -2.29. The second-order valence-corrected chi connectivity index (χ2v) is 9.60. The first-order valence-corrected chi connectivity index (χ1v) is 12.3. The Morgan fingerprint density at radius 3 is 2.06 bits per heavy atom. The summed E-state index contributed by atoms with van der Waals surface area (Å²) in [6.07, 6.45) is -0.977. The van der Waals surface area contributed by atoms with Crippen LogP contribution in [0, 0.1) is 5.92 Å². The summed E-state index contributed by atoms with van der Waals surface area (Å²) in [6.45, 7) is 0. The molecular weight excluding hydrogens is 495 g/mol. The Bertz CT molecular complexity index is 1460. The van der Waals surface area contributed by atoms with Gasteiger partial charge in [-0.1, -0.05) is 89.9 Å². The minimum Gasteiger partial charge on any atom is -0.273 e. The van der Waals surface area contributed by atoms with Crippen molar-refractivity contribution in [3.8, 4) is 11.1 Å². The summed E-state index contributed by atoms with van der Waals surface area (Å²) in [7, 11) is 0. The maximum atomic E-state index is 13.9. The molecule has 4 aromatic carbocycles. The smallest absolute Gasteiger partial charge is 0.266 e. The Hall–Kier alpha value is -3.64. The van der Waals surface area contributed by atoms with Crippen molar-refractivity contribution in [2.24, 2.45) is 5.92 Å². The Morgan fingerprint density at radius 1 is 0.667 bits per heavy atom. The Labute approximate surface area is 218 Å². The number of hydrogen-bond donors (Lipinski definition) is 0. The highest BCUT2D eigenvalue weighted by atomic mass is 35.5. The predicted octanol–water partition coefficient (Wildman–Crippen LogP) is 6.71. The van der Waals surface area contributed by atoms with E-state index in [9.17, 15) is 9.59 Å². The van der Waals surface area contributed by atoms with Crippen LogP contribution in [-0.2, 0) is 14.4 Å². The minimum atomic E-state index is -0.977. The summed E-state index contributed by atoms with van der Waals surface area (Å²) in [6, 6.07) is 31.1. The third-order valence-corrected chi connectivity index (χ3v) is 7.18.